The zero-order valence-corrected chi connectivity index (χ0v) is 28.4. The van der Waals surface area contributed by atoms with E-state index in [1.165, 1.54) is 17.0 Å². The Morgan fingerprint density at radius 1 is 0.773 bits per heavy atom. The minimum atomic E-state index is -4.13. The molecule has 0 fully saturated rings. The average molecular weight is 742 g/mol. The lowest BCUT2D eigenvalue weighted by atomic mass is 10.0. The van der Waals surface area contributed by atoms with E-state index in [2.05, 4.69) is 37.2 Å². The van der Waals surface area contributed by atoms with Gasteiger partial charge in [-0.3, -0.25) is 13.9 Å². The van der Waals surface area contributed by atoms with Gasteiger partial charge >= 0.3 is 0 Å². The molecule has 0 aromatic heterocycles. The molecule has 0 aliphatic heterocycles. The van der Waals surface area contributed by atoms with E-state index >= 15 is 0 Å². The molecule has 230 valence electrons. The Balaban J connectivity index is 1.77. The fourth-order valence-corrected chi connectivity index (χ4v) is 6.67. The van der Waals surface area contributed by atoms with Gasteiger partial charge in [-0.25, -0.2) is 8.42 Å². The van der Waals surface area contributed by atoms with E-state index in [0.29, 0.717) is 12.2 Å². The van der Waals surface area contributed by atoms with Crippen molar-refractivity contribution < 1.29 is 18.0 Å². The predicted molar refractivity (Wildman–Crippen MR) is 182 cm³/mol. The number of carbonyl (C=O) groups excluding carboxylic acids is 2. The molecule has 0 heterocycles. The third kappa shape index (κ3) is 9.03. The molecular weight excluding hydrogens is 706 g/mol. The number of unbranched alkanes of at least 4 members (excludes halogenated alkanes) is 1. The van der Waals surface area contributed by atoms with Crippen LogP contribution in [-0.2, 0) is 32.6 Å². The summed E-state index contributed by atoms with van der Waals surface area (Å²) in [7, 11) is -4.13. The van der Waals surface area contributed by atoms with E-state index in [4.69, 9.17) is 0 Å². The molecule has 1 N–H and O–H groups in total. The van der Waals surface area contributed by atoms with Gasteiger partial charge in [-0.2, -0.15) is 0 Å². The number of anilines is 1. The Hall–Kier alpha value is -3.47. The Kier molecular flexibility index (Phi) is 12.2. The van der Waals surface area contributed by atoms with Crippen LogP contribution in [0.1, 0.15) is 30.9 Å². The van der Waals surface area contributed by atoms with E-state index in [9.17, 15) is 18.0 Å². The highest BCUT2D eigenvalue weighted by atomic mass is 79.9. The third-order valence-corrected chi connectivity index (χ3v) is 9.94. The summed E-state index contributed by atoms with van der Waals surface area (Å²) < 4.78 is 30.8. The molecule has 4 aromatic rings. The number of halogens is 2. The summed E-state index contributed by atoms with van der Waals surface area (Å²) >= 11 is 6.87. The number of carbonyl (C=O) groups is 2. The minimum absolute atomic E-state index is 0.0633. The molecule has 2 amide bonds. The smallest absolute Gasteiger partial charge is 0.264 e. The maximum Gasteiger partial charge on any atom is 0.264 e. The normalized spacial score (nSPS) is 11.9. The Bertz CT molecular complexity index is 1620. The Morgan fingerprint density at radius 3 is 1.93 bits per heavy atom. The summed E-state index contributed by atoms with van der Waals surface area (Å²) in [5, 5.41) is 3.00. The third-order valence-electron chi connectivity index (χ3n) is 7.09. The van der Waals surface area contributed by atoms with Crippen LogP contribution in [0.2, 0.25) is 0 Å². The quantitative estimate of drug-likeness (QED) is 0.142. The number of benzene rings is 4. The first-order valence-electron chi connectivity index (χ1n) is 14.4. The first-order chi connectivity index (χ1) is 21.2. The summed E-state index contributed by atoms with van der Waals surface area (Å²) in [6, 6.07) is 30.9. The fraction of sp³-hybridized carbons (Fsp3) is 0.235. The van der Waals surface area contributed by atoms with Crippen LogP contribution in [-0.4, -0.2) is 44.3 Å². The SMILES string of the molecule is CCCCNC(=O)[C@@H](Cc1ccccc1)N(Cc1ccc(Br)cc1)C(=O)CN(c1ccc(Br)cc1)S(=O)(=O)c1ccccc1. The molecule has 1 atom stereocenters. The summed E-state index contributed by atoms with van der Waals surface area (Å²) in [6.45, 7) is 2.14. The lowest BCUT2D eigenvalue weighted by Crippen LogP contribution is -2.53. The summed E-state index contributed by atoms with van der Waals surface area (Å²) in [4.78, 5) is 29.8. The molecule has 0 unspecified atom stereocenters. The zero-order valence-electron chi connectivity index (χ0n) is 24.4. The predicted octanol–water partition coefficient (Wildman–Crippen LogP) is 6.96. The molecule has 10 heteroatoms. The molecule has 0 aliphatic carbocycles. The molecule has 7 nitrogen and oxygen atoms in total. The van der Waals surface area contributed by atoms with Crippen LogP contribution >= 0.6 is 31.9 Å². The zero-order chi connectivity index (χ0) is 31.5. The van der Waals surface area contributed by atoms with Gasteiger partial charge in [0.2, 0.25) is 11.8 Å². The van der Waals surface area contributed by atoms with Crippen LogP contribution in [0, 0.1) is 0 Å². The molecule has 44 heavy (non-hydrogen) atoms. The molecule has 0 saturated heterocycles. The van der Waals surface area contributed by atoms with Crippen LogP contribution in [0.3, 0.4) is 0 Å². The van der Waals surface area contributed by atoms with Crippen molar-refractivity contribution in [3.8, 4) is 0 Å². The van der Waals surface area contributed by atoms with Crippen molar-refractivity contribution in [3.63, 3.8) is 0 Å². The van der Waals surface area contributed by atoms with Crippen molar-refractivity contribution in [3.05, 3.63) is 129 Å². The first-order valence-corrected chi connectivity index (χ1v) is 17.4. The number of nitrogens with one attached hydrogen (secondary N) is 1. The van der Waals surface area contributed by atoms with Gasteiger partial charge in [-0.05, 0) is 66.1 Å². The molecule has 0 radical (unpaired) electrons. The second-order valence-corrected chi connectivity index (χ2v) is 14.0. The topological polar surface area (TPSA) is 86.8 Å². The second kappa shape index (κ2) is 16.0. The van der Waals surface area contributed by atoms with Gasteiger partial charge < -0.3 is 10.2 Å². The van der Waals surface area contributed by atoms with Crippen LogP contribution in [0.4, 0.5) is 5.69 Å². The second-order valence-electron chi connectivity index (χ2n) is 10.3. The standard InChI is InChI=1S/C34H35Br2N3O4S/c1-2-3-22-37-34(41)32(23-26-10-6-4-7-11-26)38(24-27-14-16-28(35)17-15-27)33(40)25-39(30-20-18-29(36)19-21-30)44(42,43)31-12-8-5-9-13-31/h4-21,32H,2-3,22-25H2,1H3,(H,37,41)/t32-/m1/s1. The molecule has 4 rings (SSSR count). The van der Waals surface area contributed by atoms with E-state index in [-0.39, 0.29) is 23.8 Å². The molecular formula is C34H35Br2N3O4S. The van der Waals surface area contributed by atoms with Gasteiger partial charge in [-0.1, -0.05) is 106 Å². The van der Waals surface area contributed by atoms with Gasteiger partial charge in [0.25, 0.3) is 10.0 Å². The number of hydrogen-bond donors (Lipinski definition) is 1. The number of rotatable bonds is 14. The van der Waals surface area contributed by atoms with E-state index < -0.39 is 28.5 Å². The first kappa shape index (κ1) is 33.4. The maximum atomic E-state index is 14.4. The Labute approximate surface area is 276 Å². The number of sulfonamides is 1. The lowest BCUT2D eigenvalue weighted by Gasteiger charge is -2.34. The summed E-state index contributed by atoms with van der Waals surface area (Å²) in [5.41, 5.74) is 2.03. The fourth-order valence-electron chi connectivity index (χ4n) is 4.70. The number of hydrogen-bond acceptors (Lipinski definition) is 4. The van der Waals surface area contributed by atoms with Crippen molar-refractivity contribution in [1.29, 1.82) is 0 Å². The maximum absolute atomic E-state index is 14.4. The van der Waals surface area contributed by atoms with E-state index in [0.717, 1.165) is 37.2 Å². The molecule has 0 aliphatic rings. The summed E-state index contributed by atoms with van der Waals surface area (Å²) in [6.07, 6.45) is 1.98. The van der Waals surface area contributed by atoms with Gasteiger partial charge in [-0.15, -0.1) is 0 Å². The molecule has 0 saturated carbocycles. The Morgan fingerprint density at radius 2 is 1.34 bits per heavy atom. The van der Waals surface area contributed by atoms with Gasteiger partial charge in [0.05, 0.1) is 10.6 Å². The van der Waals surface area contributed by atoms with Crippen molar-refractivity contribution in [2.45, 2.75) is 43.7 Å². The van der Waals surface area contributed by atoms with Crippen molar-refractivity contribution in [2.24, 2.45) is 0 Å². The van der Waals surface area contributed by atoms with Crippen molar-refractivity contribution >= 4 is 59.4 Å². The van der Waals surface area contributed by atoms with E-state index in [1.807, 2.05) is 61.5 Å². The van der Waals surface area contributed by atoms with Gasteiger partial charge in [0.15, 0.2) is 0 Å². The molecule has 0 spiro atoms. The van der Waals surface area contributed by atoms with Crippen molar-refractivity contribution in [1.82, 2.24) is 10.2 Å². The van der Waals surface area contributed by atoms with Crippen LogP contribution < -0.4 is 9.62 Å². The highest BCUT2D eigenvalue weighted by Gasteiger charge is 2.34. The van der Waals surface area contributed by atoms with Crippen LogP contribution in [0.15, 0.2) is 123 Å². The van der Waals surface area contributed by atoms with Crippen LogP contribution in [0.5, 0.6) is 0 Å². The van der Waals surface area contributed by atoms with Crippen LogP contribution in [0.25, 0.3) is 0 Å². The van der Waals surface area contributed by atoms with Crippen molar-refractivity contribution in [2.75, 3.05) is 17.4 Å². The number of amides is 2. The lowest BCUT2D eigenvalue weighted by molar-refractivity contribution is -0.140. The molecule has 0 bridgehead atoms. The minimum Gasteiger partial charge on any atom is -0.354 e. The van der Waals surface area contributed by atoms with Gasteiger partial charge in [0, 0.05) is 28.5 Å². The highest BCUT2D eigenvalue weighted by molar-refractivity contribution is 9.10. The highest BCUT2D eigenvalue weighted by Crippen LogP contribution is 2.26. The summed E-state index contributed by atoms with van der Waals surface area (Å²) in [5.74, 6) is -0.782. The monoisotopic (exact) mass is 739 g/mol. The van der Waals surface area contributed by atoms with E-state index in [1.54, 1.807) is 42.5 Å². The molecule has 4 aromatic carbocycles. The largest absolute Gasteiger partial charge is 0.354 e. The van der Waals surface area contributed by atoms with Gasteiger partial charge in [0.1, 0.15) is 12.6 Å². The number of nitrogens with zero attached hydrogens (tertiary/aromatic N) is 2. The average Bonchev–Trinajstić information content (AvgIpc) is 3.03.